The molecule has 0 radical (unpaired) electrons. The van der Waals surface area contributed by atoms with Gasteiger partial charge >= 0.3 is 5.97 Å². The quantitative estimate of drug-likeness (QED) is 0.678. The van der Waals surface area contributed by atoms with E-state index >= 15 is 0 Å². The molecule has 0 aliphatic heterocycles. The lowest BCUT2D eigenvalue weighted by molar-refractivity contribution is -0.148. The summed E-state index contributed by atoms with van der Waals surface area (Å²) in [5.41, 5.74) is 0. The third kappa shape index (κ3) is 4.25. The SMILES string of the molecule is CCOC(=O)[C@@H](NC(=O)CC)C(C)C. The van der Waals surface area contributed by atoms with Crippen molar-refractivity contribution in [2.75, 3.05) is 6.61 Å². The molecule has 1 N–H and O–H groups in total. The Hall–Kier alpha value is -1.06. The largest absolute Gasteiger partial charge is 0.464 e. The number of amides is 1. The van der Waals surface area contributed by atoms with E-state index in [2.05, 4.69) is 5.32 Å². The van der Waals surface area contributed by atoms with Crippen LogP contribution in [0.2, 0.25) is 0 Å². The van der Waals surface area contributed by atoms with Crippen LogP contribution in [0.5, 0.6) is 0 Å². The van der Waals surface area contributed by atoms with Crippen LogP contribution in [0.15, 0.2) is 0 Å². The highest BCUT2D eigenvalue weighted by molar-refractivity contribution is 5.84. The predicted molar refractivity (Wildman–Crippen MR) is 53.7 cm³/mol. The molecule has 14 heavy (non-hydrogen) atoms. The van der Waals surface area contributed by atoms with Gasteiger partial charge in [0.1, 0.15) is 6.04 Å². The van der Waals surface area contributed by atoms with Gasteiger partial charge in [-0.15, -0.1) is 0 Å². The van der Waals surface area contributed by atoms with Gasteiger partial charge in [0.05, 0.1) is 6.61 Å². The third-order valence-electron chi connectivity index (χ3n) is 1.84. The lowest BCUT2D eigenvalue weighted by Crippen LogP contribution is -2.45. The number of rotatable bonds is 5. The highest BCUT2D eigenvalue weighted by atomic mass is 16.5. The number of esters is 1. The van der Waals surface area contributed by atoms with Gasteiger partial charge < -0.3 is 10.1 Å². The van der Waals surface area contributed by atoms with Crippen molar-refractivity contribution in [3.8, 4) is 0 Å². The normalized spacial score (nSPS) is 12.4. The molecule has 1 amide bonds. The van der Waals surface area contributed by atoms with Crippen LogP contribution in [0, 0.1) is 5.92 Å². The summed E-state index contributed by atoms with van der Waals surface area (Å²) in [5.74, 6) is -0.439. The fourth-order valence-corrected chi connectivity index (χ4v) is 1.01. The molecular formula is C10H19NO3. The first-order valence-corrected chi connectivity index (χ1v) is 4.98. The summed E-state index contributed by atoms with van der Waals surface area (Å²) in [6.07, 6.45) is 0.378. The number of nitrogens with one attached hydrogen (secondary N) is 1. The summed E-state index contributed by atoms with van der Waals surface area (Å²) in [6, 6.07) is -0.526. The first-order chi connectivity index (χ1) is 6.52. The van der Waals surface area contributed by atoms with E-state index < -0.39 is 6.04 Å². The Bertz CT molecular complexity index is 202. The molecule has 0 bridgehead atoms. The summed E-state index contributed by atoms with van der Waals surface area (Å²) >= 11 is 0. The van der Waals surface area contributed by atoms with Crippen LogP contribution in [0.4, 0.5) is 0 Å². The summed E-state index contributed by atoms with van der Waals surface area (Å²) in [6.45, 7) is 7.58. The number of hydrogen-bond donors (Lipinski definition) is 1. The zero-order valence-corrected chi connectivity index (χ0v) is 9.29. The molecule has 0 fully saturated rings. The molecule has 0 aliphatic carbocycles. The molecule has 4 nitrogen and oxygen atoms in total. The predicted octanol–water partition coefficient (Wildman–Crippen LogP) is 1.10. The lowest BCUT2D eigenvalue weighted by Gasteiger charge is -2.19. The first kappa shape index (κ1) is 12.9. The minimum absolute atomic E-state index is 0.0459. The van der Waals surface area contributed by atoms with Gasteiger partial charge in [0.15, 0.2) is 0 Å². The van der Waals surface area contributed by atoms with Crippen molar-refractivity contribution in [1.82, 2.24) is 5.32 Å². The molecule has 0 rings (SSSR count). The highest BCUT2D eigenvalue weighted by Gasteiger charge is 2.24. The van der Waals surface area contributed by atoms with E-state index in [9.17, 15) is 9.59 Å². The Labute approximate surface area is 85.0 Å². The van der Waals surface area contributed by atoms with Crippen LogP contribution in [0.25, 0.3) is 0 Å². The Morgan fingerprint density at radius 2 is 1.86 bits per heavy atom. The van der Waals surface area contributed by atoms with E-state index in [1.807, 2.05) is 13.8 Å². The van der Waals surface area contributed by atoms with Gasteiger partial charge in [-0.2, -0.15) is 0 Å². The fourth-order valence-electron chi connectivity index (χ4n) is 1.01. The second kappa shape index (κ2) is 6.40. The molecule has 0 unspecified atom stereocenters. The van der Waals surface area contributed by atoms with Crippen LogP contribution in [0.1, 0.15) is 34.1 Å². The van der Waals surface area contributed by atoms with E-state index in [0.717, 1.165) is 0 Å². The summed E-state index contributed by atoms with van der Waals surface area (Å²) in [5, 5.41) is 2.64. The standard InChI is InChI=1S/C10H19NO3/c1-5-8(12)11-9(7(3)4)10(13)14-6-2/h7,9H,5-6H2,1-4H3,(H,11,12)/t9-/m0/s1. The van der Waals surface area contributed by atoms with Gasteiger partial charge in [-0.1, -0.05) is 20.8 Å². The van der Waals surface area contributed by atoms with Crippen LogP contribution in [-0.2, 0) is 14.3 Å². The molecule has 0 spiro atoms. The van der Waals surface area contributed by atoms with Gasteiger partial charge in [-0.3, -0.25) is 4.79 Å². The van der Waals surface area contributed by atoms with E-state index in [-0.39, 0.29) is 17.8 Å². The molecule has 0 heterocycles. The van der Waals surface area contributed by atoms with Crippen molar-refractivity contribution >= 4 is 11.9 Å². The summed E-state index contributed by atoms with van der Waals surface area (Å²) < 4.78 is 4.86. The minimum atomic E-state index is -0.526. The summed E-state index contributed by atoms with van der Waals surface area (Å²) in [7, 11) is 0. The van der Waals surface area contributed by atoms with Gasteiger partial charge in [0, 0.05) is 6.42 Å². The molecule has 0 saturated heterocycles. The molecule has 0 saturated carbocycles. The number of carbonyl (C=O) groups excluding carboxylic acids is 2. The molecular weight excluding hydrogens is 182 g/mol. The third-order valence-corrected chi connectivity index (χ3v) is 1.84. The fraction of sp³-hybridized carbons (Fsp3) is 0.800. The molecule has 4 heteroatoms. The zero-order valence-electron chi connectivity index (χ0n) is 9.29. The van der Waals surface area contributed by atoms with Crippen molar-refractivity contribution in [2.45, 2.75) is 40.2 Å². The Morgan fingerprint density at radius 3 is 2.21 bits per heavy atom. The Morgan fingerprint density at radius 1 is 1.29 bits per heavy atom. The monoisotopic (exact) mass is 201 g/mol. The van der Waals surface area contributed by atoms with Crippen LogP contribution < -0.4 is 5.32 Å². The second-order valence-electron chi connectivity index (χ2n) is 3.39. The van der Waals surface area contributed by atoms with E-state index in [1.165, 1.54) is 0 Å². The second-order valence-corrected chi connectivity index (χ2v) is 3.39. The maximum Gasteiger partial charge on any atom is 0.328 e. The Balaban J connectivity index is 4.29. The van der Waals surface area contributed by atoms with Crippen molar-refractivity contribution < 1.29 is 14.3 Å². The zero-order chi connectivity index (χ0) is 11.1. The van der Waals surface area contributed by atoms with Crippen molar-refractivity contribution in [3.05, 3.63) is 0 Å². The van der Waals surface area contributed by atoms with Gasteiger partial charge in [0.2, 0.25) is 5.91 Å². The first-order valence-electron chi connectivity index (χ1n) is 4.98. The maximum absolute atomic E-state index is 11.4. The molecule has 0 aromatic carbocycles. The lowest BCUT2D eigenvalue weighted by atomic mass is 10.0. The molecule has 82 valence electrons. The summed E-state index contributed by atoms with van der Waals surface area (Å²) in [4.78, 5) is 22.5. The van der Waals surface area contributed by atoms with E-state index in [1.54, 1.807) is 13.8 Å². The van der Waals surface area contributed by atoms with Crippen LogP contribution in [-0.4, -0.2) is 24.5 Å². The molecule has 1 atom stereocenters. The molecule has 0 aliphatic rings. The van der Waals surface area contributed by atoms with Crippen LogP contribution >= 0.6 is 0 Å². The van der Waals surface area contributed by atoms with Gasteiger partial charge in [-0.25, -0.2) is 4.79 Å². The number of carbonyl (C=O) groups is 2. The van der Waals surface area contributed by atoms with Crippen molar-refractivity contribution in [1.29, 1.82) is 0 Å². The minimum Gasteiger partial charge on any atom is -0.464 e. The average Bonchev–Trinajstić information content (AvgIpc) is 2.13. The molecule has 0 aromatic heterocycles. The van der Waals surface area contributed by atoms with Gasteiger partial charge in [0.25, 0.3) is 0 Å². The highest BCUT2D eigenvalue weighted by Crippen LogP contribution is 2.04. The van der Waals surface area contributed by atoms with Gasteiger partial charge in [-0.05, 0) is 12.8 Å². The molecule has 0 aromatic rings. The smallest absolute Gasteiger partial charge is 0.328 e. The van der Waals surface area contributed by atoms with E-state index in [0.29, 0.717) is 13.0 Å². The van der Waals surface area contributed by atoms with Crippen molar-refractivity contribution in [2.24, 2.45) is 5.92 Å². The Kier molecular flexibility index (Phi) is 5.92. The van der Waals surface area contributed by atoms with Crippen LogP contribution in [0.3, 0.4) is 0 Å². The van der Waals surface area contributed by atoms with Crippen molar-refractivity contribution in [3.63, 3.8) is 0 Å². The van der Waals surface area contributed by atoms with E-state index in [4.69, 9.17) is 4.74 Å². The topological polar surface area (TPSA) is 55.4 Å². The average molecular weight is 201 g/mol. The maximum atomic E-state index is 11.4. The number of hydrogen-bond acceptors (Lipinski definition) is 3. The number of ether oxygens (including phenoxy) is 1.